The van der Waals surface area contributed by atoms with Crippen molar-refractivity contribution >= 4 is 13.3 Å². The molecule has 2 atom stereocenters. The predicted molar refractivity (Wildman–Crippen MR) is 227 cm³/mol. The molecule has 1 aliphatic carbocycles. The Morgan fingerprint density at radius 2 is 1.21 bits per heavy atom. The van der Waals surface area contributed by atoms with Crippen molar-refractivity contribution in [1.82, 2.24) is 0 Å². The Hall–Kier alpha value is -4.34. The van der Waals surface area contributed by atoms with Gasteiger partial charge in [-0.05, 0) is 103 Å². The smallest absolute Gasteiger partial charge is 0.123 e. The molecular formula is C49H58O2Si. The van der Waals surface area contributed by atoms with Crippen molar-refractivity contribution in [2.75, 3.05) is 13.7 Å². The summed E-state index contributed by atoms with van der Waals surface area (Å²) < 4.78 is 12.7. The zero-order valence-corrected chi connectivity index (χ0v) is 34.2. The third kappa shape index (κ3) is 7.05. The summed E-state index contributed by atoms with van der Waals surface area (Å²) >= 11 is 0. The number of fused-ring (bicyclic) bond motifs is 3. The molecule has 270 valence electrons. The van der Waals surface area contributed by atoms with Gasteiger partial charge in [-0.25, -0.2) is 0 Å². The quantitative estimate of drug-likeness (QED) is 0.0950. The molecule has 0 amide bonds. The average Bonchev–Trinajstić information content (AvgIpc) is 3.49. The van der Waals surface area contributed by atoms with E-state index in [0.29, 0.717) is 18.4 Å². The van der Waals surface area contributed by atoms with Crippen LogP contribution in [0.15, 0.2) is 110 Å². The number of benzene rings is 5. The molecule has 0 saturated heterocycles. The van der Waals surface area contributed by atoms with Gasteiger partial charge in [0.25, 0.3) is 0 Å². The first kappa shape index (κ1) is 37.4. The van der Waals surface area contributed by atoms with E-state index in [0.717, 1.165) is 24.3 Å². The summed E-state index contributed by atoms with van der Waals surface area (Å²) in [6, 6.07) is 37.2. The van der Waals surface area contributed by atoms with Gasteiger partial charge in [0.05, 0.1) is 15.2 Å². The maximum atomic E-state index is 6.70. The molecule has 3 heteroatoms. The van der Waals surface area contributed by atoms with Gasteiger partial charge in [-0.3, -0.25) is 0 Å². The van der Waals surface area contributed by atoms with E-state index in [1.165, 1.54) is 66.4 Å². The lowest BCUT2D eigenvalue weighted by atomic mass is 9.86. The molecule has 0 aliphatic heterocycles. The van der Waals surface area contributed by atoms with E-state index in [2.05, 4.69) is 165 Å². The van der Waals surface area contributed by atoms with Crippen LogP contribution in [-0.4, -0.2) is 21.8 Å². The summed E-state index contributed by atoms with van der Waals surface area (Å²) in [4.78, 5) is 0. The highest BCUT2D eigenvalue weighted by Crippen LogP contribution is 2.52. The molecule has 5 aromatic rings. The van der Waals surface area contributed by atoms with E-state index < -0.39 is 8.07 Å². The van der Waals surface area contributed by atoms with Crippen LogP contribution in [0.3, 0.4) is 0 Å². The van der Waals surface area contributed by atoms with E-state index in [1.54, 1.807) is 7.11 Å². The first-order valence-corrected chi connectivity index (χ1v) is 22.4. The van der Waals surface area contributed by atoms with Crippen LogP contribution in [0.25, 0.3) is 33.4 Å². The highest BCUT2D eigenvalue weighted by Gasteiger charge is 2.45. The summed E-state index contributed by atoms with van der Waals surface area (Å²) in [6.45, 7) is 25.5. The number of hydrogen-bond donors (Lipinski definition) is 0. The first-order chi connectivity index (χ1) is 24.8. The van der Waals surface area contributed by atoms with E-state index in [1.807, 2.05) is 6.08 Å². The normalized spacial score (nSPS) is 15.1. The Morgan fingerprint density at radius 3 is 1.65 bits per heavy atom. The molecule has 0 radical (unpaired) electrons. The second-order valence-corrected chi connectivity index (χ2v) is 21.1. The van der Waals surface area contributed by atoms with Crippen LogP contribution in [0, 0.1) is 0 Å². The van der Waals surface area contributed by atoms with Gasteiger partial charge >= 0.3 is 0 Å². The fourth-order valence-corrected chi connectivity index (χ4v) is 11.8. The second kappa shape index (κ2) is 15.0. The molecule has 52 heavy (non-hydrogen) atoms. The Balaban J connectivity index is 1.60. The van der Waals surface area contributed by atoms with Crippen molar-refractivity contribution in [1.29, 1.82) is 0 Å². The molecule has 0 spiro atoms. The third-order valence-electron chi connectivity index (χ3n) is 11.7. The largest absolute Gasteiger partial charge is 0.497 e. The second-order valence-electron chi connectivity index (χ2n) is 16.5. The first-order valence-electron chi connectivity index (χ1n) is 19.3. The van der Waals surface area contributed by atoms with Crippen LogP contribution in [0.1, 0.15) is 107 Å². The van der Waals surface area contributed by atoms with Crippen LogP contribution in [-0.2, 0) is 5.41 Å². The molecule has 1 aliphatic rings. The van der Waals surface area contributed by atoms with Crippen molar-refractivity contribution in [2.24, 2.45) is 0 Å². The summed E-state index contributed by atoms with van der Waals surface area (Å²) in [7, 11) is -0.676. The number of hydrogen-bond acceptors (Lipinski definition) is 2. The molecule has 0 bridgehead atoms. The van der Waals surface area contributed by atoms with E-state index >= 15 is 0 Å². The minimum Gasteiger partial charge on any atom is -0.497 e. The van der Waals surface area contributed by atoms with Crippen molar-refractivity contribution in [3.05, 3.63) is 138 Å². The molecule has 6 rings (SSSR count). The Bertz CT molecular complexity index is 1980. The fourth-order valence-electron chi connectivity index (χ4n) is 8.13. The molecule has 0 aromatic heterocycles. The standard InChI is InChI=1S/C49H58O2Si/c1-12-25-51-47-45(49(6,7)8)30-40(50-9)31-46(47)52(10,11)48-43-28-38(36-19-15-17-34(26-36)32(4)13-2)21-23-41(43)42-24-22-39(29-44(42)48)37-20-16-18-35(27-37)33(5)14-3/h12,15-24,26-33,48H,1,13-14,25H2,2-11H3. The third-order valence-corrected chi connectivity index (χ3v) is 15.5. The minimum atomic E-state index is -2.46. The summed E-state index contributed by atoms with van der Waals surface area (Å²) in [6.07, 6.45) is 4.11. The minimum absolute atomic E-state index is 0.141. The highest BCUT2D eigenvalue weighted by molar-refractivity contribution is 6.92. The van der Waals surface area contributed by atoms with Gasteiger partial charge in [0.15, 0.2) is 0 Å². The van der Waals surface area contributed by atoms with Gasteiger partial charge < -0.3 is 9.47 Å². The lowest BCUT2D eigenvalue weighted by Crippen LogP contribution is -2.49. The average molecular weight is 707 g/mol. The van der Waals surface area contributed by atoms with Gasteiger partial charge in [-0.1, -0.05) is 159 Å². The lowest BCUT2D eigenvalue weighted by molar-refractivity contribution is 0.351. The molecule has 5 aromatic carbocycles. The van der Waals surface area contributed by atoms with Gasteiger partial charge in [0.2, 0.25) is 0 Å². The maximum Gasteiger partial charge on any atom is 0.123 e. The molecule has 2 nitrogen and oxygen atoms in total. The fraction of sp³-hybridized carbons (Fsp3) is 0.347. The molecule has 0 saturated carbocycles. The van der Waals surface area contributed by atoms with Gasteiger partial charge in [-0.2, -0.15) is 0 Å². The van der Waals surface area contributed by atoms with Gasteiger partial charge in [-0.15, -0.1) is 0 Å². The summed E-state index contributed by atoms with van der Waals surface area (Å²) in [5, 5.41) is 1.29. The van der Waals surface area contributed by atoms with E-state index in [-0.39, 0.29) is 11.0 Å². The number of methoxy groups -OCH3 is 1. The Labute approximate surface area is 315 Å². The van der Waals surface area contributed by atoms with E-state index in [9.17, 15) is 0 Å². The Morgan fingerprint density at radius 1 is 0.712 bits per heavy atom. The molecule has 0 heterocycles. The zero-order chi connectivity index (χ0) is 37.4. The highest BCUT2D eigenvalue weighted by atomic mass is 28.3. The predicted octanol–water partition coefficient (Wildman–Crippen LogP) is 13.2. The van der Waals surface area contributed by atoms with Crippen LogP contribution in [0.2, 0.25) is 13.1 Å². The summed E-state index contributed by atoms with van der Waals surface area (Å²) in [5.74, 6) is 2.92. The van der Waals surface area contributed by atoms with Crippen molar-refractivity contribution < 1.29 is 9.47 Å². The molecular weight excluding hydrogens is 649 g/mol. The van der Waals surface area contributed by atoms with Gasteiger partial charge in [0, 0.05) is 11.1 Å². The van der Waals surface area contributed by atoms with E-state index in [4.69, 9.17) is 9.47 Å². The van der Waals surface area contributed by atoms with Crippen LogP contribution in [0.4, 0.5) is 0 Å². The monoisotopic (exact) mass is 706 g/mol. The molecule has 2 unspecified atom stereocenters. The van der Waals surface area contributed by atoms with Crippen LogP contribution < -0.4 is 14.7 Å². The lowest BCUT2D eigenvalue weighted by Gasteiger charge is -2.36. The molecule has 0 N–H and O–H groups in total. The van der Waals surface area contributed by atoms with Crippen LogP contribution >= 0.6 is 0 Å². The SMILES string of the molecule is C=CCOc1c(C(C)(C)C)cc(OC)cc1[Si](C)(C)C1c2cc(-c3cccc(C(C)CC)c3)ccc2-c2ccc(-c3cccc(C(C)CC)c3)cc21. The topological polar surface area (TPSA) is 18.5 Å². The number of rotatable bonds is 12. The van der Waals surface area contributed by atoms with Crippen molar-refractivity contribution in [3.8, 4) is 44.9 Å². The molecule has 0 fully saturated rings. The summed E-state index contributed by atoms with van der Waals surface area (Å²) in [5.41, 5.74) is 14.7. The maximum absolute atomic E-state index is 6.70. The number of ether oxygens (including phenoxy) is 2. The van der Waals surface area contributed by atoms with Crippen LogP contribution in [0.5, 0.6) is 11.5 Å². The van der Waals surface area contributed by atoms with Crippen molar-refractivity contribution in [2.45, 2.75) is 97.2 Å². The van der Waals surface area contributed by atoms with Crippen molar-refractivity contribution in [3.63, 3.8) is 0 Å². The zero-order valence-electron chi connectivity index (χ0n) is 33.2. The Kier molecular flexibility index (Phi) is 10.8. The van der Waals surface area contributed by atoms with Gasteiger partial charge in [0.1, 0.15) is 18.1 Å².